The molecule has 0 aromatic heterocycles. The van der Waals surface area contributed by atoms with E-state index in [4.69, 9.17) is 0 Å². The number of aliphatic hydroxyl groups excluding tert-OH is 1. The molecule has 0 aliphatic carbocycles. The fourth-order valence-corrected chi connectivity index (χ4v) is 1.33. The summed E-state index contributed by atoms with van der Waals surface area (Å²) in [6.07, 6.45) is 0.600. The first-order valence-corrected chi connectivity index (χ1v) is 5.48. The molecule has 0 aliphatic rings. The van der Waals surface area contributed by atoms with Crippen molar-refractivity contribution in [2.75, 3.05) is 0 Å². The normalized spacial score (nSPS) is 13.8. The van der Waals surface area contributed by atoms with Gasteiger partial charge in [-0.05, 0) is 12.0 Å². The maximum absolute atomic E-state index is 9.58. The van der Waals surface area contributed by atoms with Gasteiger partial charge in [0.05, 0.1) is 6.10 Å². The number of hydrogen-bond donors (Lipinski definition) is 1. The lowest BCUT2D eigenvalue weighted by Crippen LogP contribution is -2.14. The van der Waals surface area contributed by atoms with Crippen LogP contribution in [0.2, 0.25) is 0 Å². The number of hydrogen-bond acceptors (Lipinski definition) is 1. The molecule has 1 N–H and O–H groups in total. The Kier molecular flexibility index (Phi) is 7.13. The zero-order valence-electron chi connectivity index (χ0n) is 9.70. The van der Waals surface area contributed by atoms with Gasteiger partial charge in [0.2, 0.25) is 0 Å². The predicted molar refractivity (Wildman–Crippen MR) is 62.5 cm³/mol. The van der Waals surface area contributed by atoms with Gasteiger partial charge in [-0.1, -0.05) is 58.0 Å². The molecule has 0 bridgehead atoms. The van der Waals surface area contributed by atoms with E-state index >= 15 is 0 Å². The number of benzene rings is 1. The third-order valence-corrected chi connectivity index (χ3v) is 2.32. The average molecular weight is 194 g/mol. The molecule has 1 heteroatoms. The highest BCUT2D eigenvalue weighted by atomic mass is 16.3. The lowest BCUT2D eigenvalue weighted by Gasteiger charge is -2.17. The summed E-state index contributed by atoms with van der Waals surface area (Å²) >= 11 is 0. The van der Waals surface area contributed by atoms with Crippen molar-refractivity contribution < 1.29 is 5.11 Å². The Morgan fingerprint density at radius 2 is 1.64 bits per heavy atom. The van der Waals surface area contributed by atoms with E-state index in [1.54, 1.807) is 0 Å². The van der Waals surface area contributed by atoms with Crippen molar-refractivity contribution >= 4 is 0 Å². The summed E-state index contributed by atoms with van der Waals surface area (Å²) in [6.45, 7) is 8.06. The summed E-state index contributed by atoms with van der Waals surface area (Å²) in [7, 11) is 0. The van der Waals surface area contributed by atoms with Gasteiger partial charge in [-0.3, -0.25) is 0 Å². The van der Waals surface area contributed by atoms with Gasteiger partial charge in [-0.2, -0.15) is 0 Å². The summed E-state index contributed by atoms with van der Waals surface area (Å²) in [5, 5.41) is 9.58. The molecule has 14 heavy (non-hydrogen) atoms. The highest BCUT2D eigenvalue weighted by molar-refractivity contribution is 5.19. The Morgan fingerprint density at radius 1 is 1.14 bits per heavy atom. The Hall–Kier alpha value is -0.820. The van der Waals surface area contributed by atoms with Crippen molar-refractivity contribution in [1.82, 2.24) is 0 Å². The van der Waals surface area contributed by atoms with Crippen LogP contribution in [0.4, 0.5) is 0 Å². The van der Waals surface area contributed by atoms with E-state index in [1.807, 2.05) is 39.0 Å². The molecular weight excluding hydrogens is 172 g/mol. The molecule has 0 saturated heterocycles. The second kappa shape index (κ2) is 7.57. The average Bonchev–Trinajstić information content (AvgIpc) is 2.31. The third kappa shape index (κ3) is 3.93. The summed E-state index contributed by atoms with van der Waals surface area (Å²) in [5.74, 6) is 0.246. The monoisotopic (exact) mass is 194 g/mol. The first kappa shape index (κ1) is 13.2. The number of aliphatic hydroxyl groups is 1. The van der Waals surface area contributed by atoms with E-state index in [1.165, 1.54) is 5.56 Å². The molecule has 1 aromatic rings. The quantitative estimate of drug-likeness (QED) is 0.779. The highest BCUT2D eigenvalue weighted by Gasteiger charge is 2.12. The van der Waals surface area contributed by atoms with E-state index in [2.05, 4.69) is 19.1 Å². The first-order valence-electron chi connectivity index (χ1n) is 5.48. The van der Waals surface area contributed by atoms with Crippen molar-refractivity contribution in [3.05, 3.63) is 35.9 Å². The van der Waals surface area contributed by atoms with Crippen LogP contribution in [0.3, 0.4) is 0 Å². The largest absolute Gasteiger partial charge is 0.393 e. The molecule has 0 radical (unpaired) electrons. The van der Waals surface area contributed by atoms with Gasteiger partial charge >= 0.3 is 0 Å². The molecule has 80 valence electrons. The summed E-state index contributed by atoms with van der Waals surface area (Å²) in [5.41, 5.74) is 1.21. The van der Waals surface area contributed by atoms with Gasteiger partial charge in [0.1, 0.15) is 0 Å². The maximum Gasteiger partial charge on any atom is 0.0603 e. The molecule has 2 unspecified atom stereocenters. The summed E-state index contributed by atoms with van der Waals surface area (Å²) in [4.78, 5) is 0. The van der Waals surface area contributed by atoms with E-state index < -0.39 is 0 Å². The molecular formula is C13H22O. The van der Waals surface area contributed by atoms with E-state index in [-0.39, 0.29) is 12.0 Å². The van der Waals surface area contributed by atoms with Gasteiger partial charge in [0.25, 0.3) is 0 Å². The second-order valence-corrected chi connectivity index (χ2v) is 3.17. The van der Waals surface area contributed by atoms with Crippen LogP contribution in [0.5, 0.6) is 0 Å². The minimum Gasteiger partial charge on any atom is -0.393 e. The molecule has 0 aliphatic heterocycles. The van der Waals surface area contributed by atoms with Crippen molar-refractivity contribution in [3.8, 4) is 0 Å². The van der Waals surface area contributed by atoms with Gasteiger partial charge in [0.15, 0.2) is 0 Å². The number of rotatable bonds is 3. The van der Waals surface area contributed by atoms with Crippen LogP contribution in [-0.2, 0) is 0 Å². The molecule has 2 atom stereocenters. The molecule has 0 amide bonds. The van der Waals surface area contributed by atoms with Crippen LogP contribution in [-0.4, -0.2) is 11.2 Å². The molecule has 1 aromatic carbocycles. The van der Waals surface area contributed by atoms with Crippen LogP contribution in [0, 0.1) is 0 Å². The Bertz CT molecular complexity index is 218. The first-order chi connectivity index (χ1) is 6.75. The lowest BCUT2D eigenvalue weighted by molar-refractivity contribution is 0.145. The Morgan fingerprint density at radius 3 is 2.07 bits per heavy atom. The van der Waals surface area contributed by atoms with Crippen LogP contribution in [0.1, 0.15) is 45.6 Å². The Balaban J connectivity index is 0.000000791. The van der Waals surface area contributed by atoms with Crippen molar-refractivity contribution in [3.63, 3.8) is 0 Å². The van der Waals surface area contributed by atoms with Crippen molar-refractivity contribution in [1.29, 1.82) is 0 Å². The van der Waals surface area contributed by atoms with Crippen LogP contribution in [0.15, 0.2) is 30.3 Å². The molecule has 0 heterocycles. The standard InChI is InChI=1S/C11H16O.C2H6/c1-3-11(12)9(2)10-7-5-4-6-8-10;1-2/h4-9,11-12H,3H2,1-2H3;1-2H3. The molecule has 0 spiro atoms. The Labute approximate surface area is 87.8 Å². The minimum atomic E-state index is -0.215. The lowest BCUT2D eigenvalue weighted by atomic mass is 9.94. The topological polar surface area (TPSA) is 20.2 Å². The van der Waals surface area contributed by atoms with Gasteiger partial charge in [-0.25, -0.2) is 0 Å². The zero-order chi connectivity index (χ0) is 11.0. The van der Waals surface area contributed by atoms with Gasteiger partial charge < -0.3 is 5.11 Å². The van der Waals surface area contributed by atoms with Gasteiger partial charge in [0, 0.05) is 5.92 Å². The minimum absolute atomic E-state index is 0.215. The highest BCUT2D eigenvalue weighted by Crippen LogP contribution is 2.20. The van der Waals surface area contributed by atoms with E-state index in [9.17, 15) is 5.11 Å². The molecule has 0 saturated carbocycles. The predicted octanol–water partition coefficient (Wildman–Crippen LogP) is 3.59. The molecule has 0 fully saturated rings. The fourth-order valence-electron chi connectivity index (χ4n) is 1.33. The third-order valence-electron chi connectivity index (χ3n) is 2.32. The summed E-state index contributed by atoms with van der Waals surface area (Å²) in [6, 6.07) is 10.1. The molecule has 1 rings (SSSR count). The van der Waals surface area contributed by atoms with Crippen molar-refractivity contribution in [2.45, 2.75) is 46.1 Å². The smallest absolute Gasteiger partial charge is 0.0603 e. The van der Waals surface area contributed by atoms with Crippen LogP contribution < -0.4 is 0 Å². The van der Waals surface area contributed by atoms with E-state index in [0.29, 0.717) is 0 Å². The van der Waals surface area contributed by atoms with Crippen molar-refractivity contribution in [2.24, 2.45) is 0 Å². The van der Waals surface area contributed by atoms with E-state index in [0.717, 1.165) is 6.42 Å². The fraction of sp³-hybridized carbons (Fsp3) is 0.538. The molecule has 1 nitrogen and oxygen atoms in total. The van der Waals surface area contributed by atoms with Gasteiger partial charge in [-0.15, -0.1) is 0 Å². The summed E-state index contributed by atoms with van der Waals surface area (Å²) < 4.78 is 0. The maximum atomic E-state index is 9.58. The van der Waals surface area contributed by atoms with Crippen LogP contribution >= 0.6 is 0 Å². The van der Waals surface area contributed by atoms with Crippen LogP contribution in [0.25, 0.3) is 0 Å². The zero-order valence-corrected chi connectivity index (χ0v) is 9.70. The second-order valence-electron chi connectivity index (χ2n) is 3.17. The SMILES string of the molecule is CC.CCC(O)C(C)c1ccccc1.